The van der Waals surface area contributed by atoms with Gasteiger partial charge in [-0.3, -0.25) is 14.2 Å². The highest BCUT2D eigenvalue weighted by Gasteiger charge is 2.30. The summed E-state index contributed by atoms with van der Waals surface area (Å²) < 4.78 is 12.0. The van der Waals surface area contributed by atoms with E-state index >= 15 is 0 Å². The third-order valence-corrected chi connectivity index (χ3v) is 4.26. The van der Waals surface area contributed by atoms with Gasteiger partial charge in [-0.15, -0.1) is 0 Å². The molecule has 1 atom stereocenters. The number of hydrogen-bond donors (Lipinski definition) is 0. The normalized spacial score (nSPS) is 17.8. The molecule has 7 nitrogen and oxygen atoms in total. The molecule has 1 aliphatic rings. The predicted octanol–water partition coefficient (Wildman–Crippen LogP) is 1.21. The molecule has 1 aromatic heterocycles. The van der Waals surface area contributed by atoms with Gasteiger partial charge >= 0.3 is 0 Å². The van der Waals surface area contributed by atoms with Gasteiger partial charge in [0.15, 0.2) is 11.5 Å². The van der Waals surface area contributed by atoms with E-state index in [-0.39, 0.29) is 17.5 Å². The highest BCUT2D eigenvalue weighted by Crippen LogP contribution is 2.30. The van der Waals surface area contributed by atoms with Crippen LogP contribution < -0.4 is 15.0 Å². The Hall–Kier alpha value is -2.57. The van der Waals surface area contributed by atoms with E-state index in [1.807, 2.05) is 6.92 Å². The van der Waals surface area contributed by atoms with Crippen LogP contribution in [0.25, 0.3) is 10.9 Å². The number of likely N-dealkylation sites (N-methyl/N-ethyl adjacent to an activating group) is 1. The van der Waals surface area contributed by atoms with Crippen LogP contribution in [0.3, 0.4) is 0 Å². The Kier molecular flexibility index (Phi) is 3.94. The number of fused-ring (bicyclic) bond motifs is 1. The number of likely N-dealkylation sites (tertiary alicyclic amines) is 1. The molecule has 23 heavy (non-hydrogen) atoms. The Labute approximate surface area is 133 Å². The maximum absolute atomic E-state index is 12.8. The summed E-state index contributed by atoms with van der Waals surface area (Å²) in [5.41, 5.74) is 0.368. The Morgan fingerprint density at radius 2 is 1.91 bits per heavy atom. The SMILES string of the molecule is CCN1CC(n2cnc3cc(OC)c(OC)cc3c2=O)CC1=O. The van der Waals surface area contributed by atoms with Crippen molar-refractivity contribution in [2.24, 2.45) is 0 Å². The van der Waals surface area contributed by atoms with E-state index in [4.69, 9.17) is 9.47 Å². The molecule has 0 N–H and O–H groups in total. The quantitative estimate of drug-likeness (QED) is 0.847. The van der Waals surface area contributed by atoms with Gasteiger partial charge in [0.2, 0.25) is 5.91 Å². The molecule has 0 bridgehead atoms. The lowest BCUT2D eigenvalue weighted by atomic mass is 10.2. The second kappa shape index (κ2) is 5.91. The summed E-state index contributed by atoms with van der Waals surface area (Å²) in [7, 11) is 3.06. The van der Waals surface area contributed by atoms with Gasteiger partial charge in [-0.05, 0) is 13.0 Å². The summed E-state index contributed by atoms with van der Waals surface area (Å²) in [6, 6.07) is 3.13. The van der Waals surface area contributed by atoms with E-state index in [2.05, 4.69) is 4.98 Å². The lowest BCUT2D eigenvalue weighted by Crippen LogP contribution is -2.28. The van der Waals surface area contributed by atoms with Gasteiger partial charge in [-0.1, -0.05) is 0 Å². The van der Waals surface area contributed by atoms with Crippen LogP contribution in [0.2, 0.25) is 0 Å². The molecule has 122 valence electrons. The minimum absolute atomic E-state index is 0.0665. The Morgan fingerprint density at radius 3 is 2.52 bits per heavy atom. The van der Waals surface area contributed by atoms with Gasteiger partial charge in [0.05, 0.1) is 37.5 Å². The number of carbonyl (C=O) groups is 1. The molecule has 1 unspecified atom stereocenters. The minimum atomic E-state index is -0.181. The maximum atomic E-state index is 12.8. The molecule has 2 heterocycles. The number of ether oxygens (including phenoxy) is 2. The molecule has 1 saturated heterocycles. The number of amides is 1. The van der Waals surface area contributed by atoms with Gasteiger partial charge in [0.25, 0.3) is 5.56 Å². The van der Waals surface area contributed by atoms with Crippen LogP contribution in [-0.4, -0.2) is 47.7 Å². The van der Waals surface area contributed by atoms with E-state index in [9.17, 15) is 9.59 Å². The van der Waals surface area contributed by atoms with Crippen molar-refractivity contribution in [3.8, 4) is 11.5 Å². The summed E-state index contributed by atoms with van der Waals surface area (Å²) in [4.78, 5) is 30.8. The number of hydrogen-bond acceptors (Lipinski definition) is 5. The Morgan fingerprint density at radius 1 is 1.22 bits per heavy atom. The van der Waals surface area contributed by atoms with Crippen molar-refractivity contribution in [3.63, 3.8) is 0 Å². The molecule has 1 fully saturated rings. The highest BCUT2D eigenvalue weighted by molar-refractivity contribution is 5.82. The van der Waals surface area contributed by atoms with E-state index in [0.717, 1.165) is 0 Å². The number of methoxy groups -OCH3 is 2. The van der Waals surface area contributed by atoms with Crippen LogP contribution in [0.15, 0.2) is 23.3 Å². The van der Waals surface area contributed by atoms with Crippen molar-refractivity contribution in [3.05, 3.63) is 28.8 Å². The first-order valence-corrected chi connectivity index (χ1v) is 7.49. The van der Waals surface area contributed by atoms with Gasteiger partial charge in [-0.25, -0.2) is 4.98 Å². The number of carbonyl (C=O) groups excluding carboxylic acids is 1. The fourth-order valence-corrected chi connectivity index (χ4v) is 2.97. The van der Waals surface area contributed by atoms with Crippen LogP contribution in [0.1, 0.15) is 19.4 Å². The van der Waals surface area contributed by atoms with Crippen molar-refractivity contribution in [2.75, 3.05) is 27.3 Å². The first-order valence-electron chi connectivity index (χ1n) is 7.49. The molecule has 0 radical (unpaired) electrons. The third kappa shape index (κ3) is 2.52. The first-order chi connectivity index (χ1) is 11.1. The minimum Gasteiger partial charge on any atom is -0.493 e. The standard InChI is InChI=1S/C16H19N3O4/c1-4-18-8-10(5-15(18)20)19-9-17-12-7-14(23-3)13(22-2)6-11(12)16(19)21/h6-7,9-10H,4-5,8H2,1-3H3. The van der Waals surface area contributed by atoms with Crippen LogP contribution >= 0.6 is 0 Å². The molecule has 1 aliphatic heterocycles. The lowest BCUT2D eigenvalue weighted by molar-refractivity contribution is -0.127. The predicted molar refractivity (Wildman–Crippen MR) is 85.0 cm³/mol. The van der Waals surface area contributed by atoms with Crippen LogP contribution in [-0.2, 0) is 4.79 Å². The number of benzene rings is 1. The van der Waals surface area contributed by atoms with Crippen molar-refractivity contribution >= 4 is 16.8 Å². The summed E-state index contributed by atoms with van der Waals surface area (Å²) in [6.45, 7) is 3.12. The number of aromatic nitrogens is 2. The van der Waals surface area contributed by atoms with E-state index in [0.29, 0.717) is 41.9 Å². The maximum Gasteiger partial charge on any atom is 0.261 e. The largest absolute Gasteiger partial charge is 0.493 e. The average Bonchev–Trinajstić information content (AvgIpc) is 2.94. The van der Waals surface area contributed by atoms with Crippen LogP contribution in [0.5, 0.6) is 11.5 Å². The fraction of sp³-hybridized carbons (Fsp3) is 0.438. The smallest absolute Gasteiger partial charge is 0.261 e. The monoisotopic (exact) mass is 317 g/mol. The molecule has 0 aliphatic carbocycles. The first kappa shape index (κ1) is 15.3. The Bertz CT molecular complexity index is 815. The average molecular weight is 317 g/mol. The number of rotatable bonds is 4. The zero-order chi connectivity index (χ0) is 16.6. The molecular weight excluding hydrogens is 298 g/mol. The zero-order valence-electron chi connectivity index (χ0n) is 13.4. The molecule has 0 spiro atoms. The highest BCUT2D eigenvalue weighted by atomic mass is 16.5. The van der Waals surface area contributed by atoms with Crippen molar-refractivity contribution in [2.45, 2.75) is 19.4 Å². The second-order valence-electron chi connectivity index (χ2n) is 5.47. The van der Waals surface area contributed by atoms with Crippen molar-refractivity contribution in [1.82, 2.24) is 14.5 Å². The zero-order valence-corrected chi connectivity index (χ0v) is 13.4. The van der Waals surface area contributed by atoms with E-state index in [1.54, 1.807) is 21.6 Å². The van der Waals surface area contributed by atoms with E-state index in [1.165, 1.54) is 20.5 Å². The second-order valence-corrected chi connectivity index (χ2v) is 5.47. The van der Waals surface area contributed by atoms with Crippen molar-refractivity contribution < 1.29 is 14.3 Å². The van der Waals surface area contributed by atoms with E-state index < -0.39 is 0 Å². The lowest BCUT2D eigenvalue weighted by Gasteiger charge is -2.16. The third-order valence-electron chi connectivity index (χ3n) is 4.26. The molecule has 0 saturated carbocycles. The van der Waals surface area contributed by atoms with Crippen LogP contribution in [0.4, 0.5) is 0 Å². The van der Waals surface area contributed by atoms with Gasteiger partial charge in [-0.2, -0.15) is 0 Å². The summed E-state index contributed by atoms with van der Waals surface area (Å²) >= 11 is 0. The Balaban J connectivity index is 2.09. The molecule has 2 aromatic rings. The van der Waals surface area contributed by atoms with Gasteiger partial charge in [0, 0.05) is 25.6 Å². The topological polar surface area (TPSA) is 73.7 Å². The van der Waals surface area contributed by atoms with Crippen molar-refractivity contribution in [1.29, 1.82) is 0 Å². The fourth-order valence-electron chi connectivity index (χ4n) is 2.97. The molecule has 1 amide bonds. The molecule has 3 rings (SSSR count). The number of nitrogens with zero attached hydrogens (tertiary/aromatic N) is 3. The molecule has 1 aromatic carbocycles. The molecule has 7 heteroatoms. The summed E-state index contributed by atoms with van der Waals surface area (Å²) in [5.74, 6) is 1.07. The van der Waals surface area contributed by atoms with Crippen LogP contribution in [0, 0.1) is 0 Å². The van der Waals surface area contributed by atoms with Gasteiger partial charge < -0.3 is 14.4 Å². The van der Waals surface area contributed by atoms with Gasteiger partial charge in [0.1, 0.15) is 0 Å². The molecular formula is C16H19N3O4. The summed E-state index contributed by atoms with van der Waals surface area (Å²) in [5, 5.41) is 0.451. The summed E-state index contributed by atoms with van der Waals surface area (Å²) in [6.07, 6.45) is 1.84.